The van der Waals surface area contributed by atoms with Gasteiger partial charge in [0.2, 0.25) is 11.8 Å². The molecular formula is C27H26N6O2S2. The largest absolute Gasteiger partial charge is 0.419 e. The SMILES string of the molecule is Cc1csc(CN(C)C(=O)c2cc(-c3nnc([C@](C)(N)Cc4ccccc4)o3)cc(-c3nccs3)c2)n1. The zero-order chi connectivity index (χ0) is 26.0. The molecule has 3 heterocycles. The Morgan fingerprint density at radius 3 is 2.59 bits per heavy atom. The van der Waals surface area contributed by atoms with Crippen molar-refractivity contribution in [1.82, 2.24) is 25.1 Å². The van der Waals surface area contributed by atoms with Gasteiger partial charge in [0.1, 0.15) is 10.0 Å². The van der Waals surface area contributed by atoms with Gasteiger partial charge in [-0.15, -0.1) is 32.9 Å². The molecule has 0 aliphatic rings. The Morgan fingerprint density at radius 2 is 1.89 bits per heavy atom. The van der Waals surface area contributed by atoms with E-state index in [2.05, 4.69) is 20.2 Å². The highest BCUT2D eigenvalue weighted by molar-refractivity contribution is 7.13. The van der Waals surface area contributed by atoms with Crippen molar-refractivity contribution in [1.29, 1.82) is 0 Å². The lowest BCUT2D eigenvalue weighted by Gasteiger charge is -2.20. The molecule has 0 aliphatic heterocycles. The summed E-state index contributed by atoms with van der Waals surface area (Å²) in [4.78, 5) is 24.0. The second-order valence-electron chi connectivity index (χ2n) is 9.17. The summed E-state index contributed by atoms with van der Waals surface area (Å²) in [6, 6.07) is 15.5. The number of amides is 1. The van der Waals surface area contributed by atoms with E-state index in [0.717, 1.165) is 26.8 Å². The van der Waals surface area contributed by atoms with Gasteiger partial charge in [0.25, 0.3) is 5.91 Å². The standard InChI is InChI=1S/C27H26N6O2S2/c1-17-16-37-22(30-17)15-33(3)25(34)21-12-19(11-20(13-21)24-29-9-10-36-24)23-31-32-26(35-23)27(2,28)14-18-7-5-4-6-8-18/h4-13,16H,14-15,28H2,1-3H3/t27-/m1/s1. The van der Waals surface area contributed by atoms with Gasteiger partial charge in [-0.25, -0.2) is 9.97 Å². The second kappa shape index (κ2) is 10.3. The van der Waals surface area contributed by atoms with E-state index in [1.807, 2.05) is 67.1 Å². The average molecular weight is 531 g/mol. The number of nitrogens with two attached hydrogens (primary N) is 1. The molecule has 2 aromatic carbocycles. The first-order chi connectivity index (χ1) is 17.8. The van der Waals surface area contributed by atoms with Gasteiger partial charge in [0, 0.05) is 46.4 Å². The summed E-state index contributed by atoms with van der Waals surface area (Å²) in [7, 11) is 1.77. The summed E-state index contributed by atoms with van der Waals surface area (Å²) in [5, 5.41) is 14.1. The Bertz CT molecular complexity index is 1510. The molecule has 2 N–H and O–H groups in total. The van der Waals surface area contributed by atoms with Gasteiger partial charge in [0.05, 0.1) is 12.1 Å². The number of aromatic nitrogens is 4. The topological polar surface area (TPSA) is 111 Å². The van der Waals surface area contributed by atoms with E-state index in [-0.39, 0.29) is 5.91 Å². The van der Waals surface area contributed by atoms with Crippen molar-refractivity contribution < 1.29 is 9.21 Å². The second-order valence-corrected chi connectivity index (χ2v) is 11.0. The average Bonchev–Trinajstić information content (AvgIpc) is 3.66. The number of carbonyl (C=O) groups excluding carboxylic acids is 1. The highest BCUT2D eigenvalue weighted by Crippen LogP contribution is 2.31. The number of rotatable bonds is 8. The third-order valence-corrected chi connectivity index (χ3v) is 7.59. The van der Waals surface area contributed by atoms with Crippen LogP contribution in [0, 0.1) is 6.92 Å². The van der Waals surface area contributed by atoms with Crippen LogP contribution in [0.5, 0.6) is 0 Å². The van der Waals surface area contributed by atoms with Crippen molar-refractivity contribution in [3.05, 3.63) is 93.2 Å². The minimum absolute atomic E-state index is 0.139. The molecule has 0 radical (unpaired) electrons. The van der Waals surface area contributed by atoms with Gasteiger partial charge in [0.15, 0.2) is 0 Å². The van der Waals surface area contributed by atoms with Gasteiger partial charge < -0.3 is 15.1 Å². The molecule has 5 rings (SSSR count). The molecule has 0 aliphatic carbocycles. The lowest BCUT2D eigenvalue weighted by Crippen LogP contribution is -2.35. The van der Waals surface area contributed by atoms with Crippen LogP contribution in [0.1, 0.15) is 39.4 Å². The molecule has 0 unspecified atom stereocenters. The van der Waals surface area contributed by atoms with Crippen LogP contribution < -0.4 is 5.73 Å². The molecule has 3 aromatic heterocycles. The highest BCUT2D eigenvalue weighted by Gasteiger charge is 2.29. The highest BCUT2D eigenvalue weighted by atomic mass is 32.1. The van der Waals surface area contributed by atoms with Crippen molar-refractivity contribution in [2.75, 3.05) is 7.05 Å². The van der Waals surface area contributed by atoms with Crippen LogP contribution in [0.15, 0.2) is 69.9 Å². The normalized spacial score (nSPS) is 12.9. The number of benzene rings is 2. The summed E-state index contributed by atoms with van der Waals surface area (Å²) < 4.78 is 6.08. The molecule has 188 valence electrons. The first-order valence-electron chi connectivity index (χ1n) is 11.7. The molecule has 10 heteroatoms. The van der Waals surface area contributed by atoms with Gasteiger partial charge >= 0.3 is 0 Å². The molecule has 0 spiro atoms. The third kappa shape index (κ3) is 5.66. The maximum Gasteiger partial charge on any atom is 0.254 e. The molecule has 0 fully saturated rings. The molecule has 0 saturated heterocycles. The van der Waals surface area contributed by atoms with Crippen LogP contribution in [-0.4, -0.2) is 38.0 Å². The molecule has 5 aromatic rings. The summed E-state index contributed by atoms with van der Waals surface area (Å²) in [5.41, 5.74) is 9.68. The fourth-order valence-electron chi connectivity index (χ4n) is 4.00. The van der Waals surface area contributed by atoms with Gasteiger partial charge in [-0.2, -0.15) is 0 Å². The maximum absolute atomic E-state index is 13.4. The Balaban J connectivity index is 1.47. The maximum atomic E-state index is 13.4. The van der Waals surface area contributed by atoms with E-state index < -0.39 is 5.54 Å². The predicted molar refractivity (Wildman–Crippen MR) is 145 cm³/mol. The van der Waals surface area contributed by atoms with E-state index in [4.69, 9.17) is 10.2 Å². The molecular weight excluding hydrogens is 504 g/mol. The van der Waals surface area contributed by atoms with Crippen molar-refractivity contribution in [2.24, 2.45) is 5.73 Å². The molecule has 37 heavy (non-hydrogen) atoms. The van der Waals surface area contributed by atoms with Crippen LogP contribution in [0.4, 0.5) is 0 Å². The Hall–Kier alpha value is -3.73. The van der Waals surface area contributed by atoms with Crippen molar-refractivity contribution in [3.63, 3.8) is 0 Å². The number of carbonyl (C=O) groups is 1. The number of hydrogen-bond acceptors (Lipinski definition) is 9. The lowest BCUT2D eigenvalue weighted by atomic mass is 9.94. The Morgan fingerprint density at radius 1 is 1.11 bits per heavy atom. The van der Waals surface area contributed by atoms with Crippen molar-refractivity contribution in [3.8, 4) is 22.0 Å². The zero-order valence-electron chi connectivity index (χ0n) is 20.7. The number of thiazole rings is 2. The lowest BCUT2D eigenvalue weighted by molar-refractivity contribution is 0.0785. The van der Waals surface area contributed by atoms with Gasteiger partial charge in [-0.3, -0.25) is 4.79 Å². The van der Waals surface area contributed by atoms with Gasteiger partial charge in [-0.1, -0.05) is 30.3 Å². The summed E-state index contributed by atoms with van der Waals surface area (Å²) >= 11 is 3.03. The number of hydrogen-bond donors (Lipinski definition) is 1. The fourth-order valence-corrected chi connectivity index (χ4v) is 5.45. The summed E-state index contributed by atoms with van der Waals surface area (Å²) in [5.74, 6) is 0.487. The quantitative estimate of drug-likeness (QED) is 0.289. The zero-order valence-corrected chi connectivity index (χ0v) is 22.3. The van der Waals surface area contributed by atoms with E-state index in [9.17, 15) is 4.79 Å². The first-order valence-corrected chi connectivity index (χ1v) is 13.4. The molecule has 1 amide bonds. The number of nitrogens with zero attached hydrogens (tertiary/aromatic N) is 5. The number of aryl methyl sites for hydroxylation is 1. The van der Waals surface area contributed by atoms with Crippen LogP contribution in [0.2, 0.25) is 0 Å². The fraction of sp³-hybridized carbons (Fsp3) is 0.222. The van der Waals surface area contributed by atoms with Crippen LogP contribution in [0.3, 0.4) is 0 Å². The van der Waals surface area contributed by atoms with E-state index >= 15 is 0 Å². The third-order valence-electron chi connectivity index (χ3n) is 5.82. The minimum atomic E-state index is -0.857. The van der Waals surface area contributed by atoms with E-state index in [1.165, 1.54) is 22.7 Å². The van der Waals surface area contributed by atoms with E-state index in [0.29, 0.717) is 35.9 Å². The Kier molecular flexibility index (Phi) is 6.96. The minimum Gasteiger partial charge on any atom is -0.419 e. The summed E-state index contributed by atoms with van der Waals surface area (Å²) in [6.45, 7) is 4.23. The van der Waals surface area contributed by atoms with Gasteiger partial charge in [-0.05, 0) is 44.0 Å². The van der Waals surface area contributed by atoms with Crippen LogP contribution >= 0.6 is 22.7 Å². The first kappa shape index (κ1) is 24.9. The summed E-state index contributed by atoms with van der Waals surface area (Å²) in [6.07, 6.45) is 2.28. The molecule has 8 nitrogen and oxygen atoms in total. The van der Waals surface area contributed by atoms with Crippen molar-refractivity contribution >= 4 is 28.6 Å². The molecule has 0 bridgehead atoms. The van der Waals surface area contributed by atoms with Crippen LogP contribution in [0.25, 0.3) is 22.0 Å². The van der Waals surface area contributed by atoms with Crippen LogP contribution in [-0.2, 0) is 18.5 Å². The van der Waals surface area contributed by atoms with E-state index in [1.54, 1.807) is 24.2 Å². The smallest absolute Gasteiger partial charge is 0.254 e. The van der Waals surface area contributed by atoms with Crippen molar-refractivity contribution in [2.45, 2.75) is 32.4 Å². The predicted octanol–water partition coefficient (Wildman–Crippen LogP) is 5.31. The Labute approximate surface area is 222 Å². The molecule has 0 saturated carbocycles. The molecule has 1 atom stereocenters. The monoisotopic (exact) mass is 530 g/mol.